The summed E-state index contributed by atoms with van der Waals surface area (Å²) in [6.07, 6.45) is 2.39. The molecule has 0 aliphatic heterocycles. The van der Waals surface area contributed by atoms with Crippen LogP contribution in [0.3, 0.4) is 0 Å². The van der Waals surface area contributed by atoms with Crippen molar-refractivity contribution in [3.05, 3.63) is 308 Å². The van der Waals surface area contributed by atoms with E-state index in [-0.39, 0.29) is 43.8 Å². The van der Waals surface area contributed by atoms with Crippen LogP contribution in [0, 0.1) is 23.6 Å². The summed E-state index contributed by atoms with van der Waals surface area (Å²) in [6.45, 7) is 99.4. The van der Waals surface area contributed by atoms with Crippen LogP contribution in [0.5, 0.6) is 0 Å². The summed E-state index contributed by atoms with van der Waals surface area (Å²) in [5.74, 6) is 5.02. The lowest BCUT2D eigenvalue weighted by molar-refractivity contribution is 0.548. The molecule has 0 unspecified atom stereocenters. The van der Waals surface area contributed by atoms with Crippen molar-refractivity contribution in [2.75, 3.05) is 0 Å². The van der Waals surface area contributed by atoms with E-state index in [0.717, 1.165) is 17.8 Å². The Hall–Kier alpha value is -7.80. The molecule has 0 amide bonds. The summed E-state index contributed by atoms with van der Waals surface area (Å²) in [6, 6.07) is 82.2. The standard InChI is InChI=1S/C30H38.C22H22.C19H32.C18H30.C16H26.C10H14.2C4H10/c1-28(2,3)23-17-13-21(14-18-23)25-11-10-12-26(27(25)30(7,8)9)22-15-19-24(20-16-22)29(4,5)6;1-22(2,3)21-19(17-11-6-4-7-12-17)15-10-16-20(21)18-13-8-5-9-14-18;1-12(2)15-10-16(13(3)4)18(19(7,8)9)17(11-15)14(5)6;1-13(2)11-15-9-8-10-16(12-14(3)4)17(15)18(5,6)7;1-11(2)13-9-8-10-14(12(3)4)15(13)16(5,6)7;1-10(2,3)9-7-5-4-6-8-9;2*1-4(2)3/h10-20H,1-9H3;4-16H,1-3H3;10-14H,1-9H3;8-10,13-14H,11-12H2,1-7H3;8-12H,1-7H3;4-8H,1-3H3;2*4H,1-3H3/i;;;;;;4D;. The molecule has 10 aromatic rings. The van der Waals surface area contributed by atoms with Crippen LogP contribution in [0.25, 0.3) is 44.5 Å². The van der Waals surface area contributed by atoms with Gasteiger partial charge in [0.1, 0.15) is 0 Å². The number of benzene rings is 10. The van der Waals surface area contributed by atoms with Crippen LogP contribution in [0.15, 0.2) is 224 Å². The molecule has 0 heteroatoms. The molecule has 0 atom stereocenters. The number of hydrogen-bond donors (Lipinski definition) is 0. The second kappa shape index (κ2) is 47.7. The summed E-state index contributed by atoms with van der Waals surface area (Å²) >= 11 is 0. The van der Waals surface area contributed by atoms with Gasteiger partial charge in [-0.1, -0.05) is 529 Å². The van der Waals surface area contributed by atoms with E-state index in [0.29, 0.717) is 35.0 Å². The van der Waals surface area contributed by atoms with Crippen LogP contribution in [0.1, 0.15) is 419 Å². The molecule has 0 nitrogen and oxygen atoms in total. The van der Waals surface area contributed by atoms with Crippen LogP contribution in [0.2, 0.25) is 0 Å². The zero-order valence-electron chi connectivity index (χ0n) is 88.4. The van der Waals surface area contributed by atoms with Crippen LogP contribution in [0.4, 0.5) is 0 Å². The van der Waals surface area contributed by atoms with Gasteiger partial charge in [0, 0.05) is 1.37 Å². The molecular weight excluding hydrogens is 1480 g/mol. The molecule has 0 aliphatic rings. The van der Waals surface area contributed by atoms with Gasteiger partial charge < -0.3 is 0 Å². The Morgan fingerprint density at radius 1 is 0.211 bits per heavy atom. The van der Waals surface area contributed by atoms with Crippen LogP contribution >= 0.6 is 0 Å². The minimum absolute atomic E-state index is 0.0390. The molecule has 0 spiro atoms. The normalized spacial score (nSPS) is 12.3. The van der Waals surface area contributed by atoms with E-state index in [4.69, 9.17) is 1.37 Å². The minimum Gasteiger partial charge on any atom is -0.0630 e. The highest BCUT2D eigenvalue weighted by Crippen LogP contribution is 2.45. The maximum absolute atomic E-state index is 6.94. The molecule has 0 radical (unpaired) electrons. The molecule has 0 saturated heterocycles. The molecule has 0 saturated carbocycles. The lowest BCUT2D eigenvalue weighted by Crippen LogP contribution is -2.19. The van der Waals surface area contributed by atoms with E-state index in [2.05, 4.69) is 508 Å². The van der Waals surface area contributed by atoms with Gasteiger partial charge in [-0.05, 0) is 237 Å². The maximum atomic E-state index is 6.94. The Kier molecular flexibility index (Phi) is 41.7. The molecule has 674 valence electrons. The summed E-state index contributed by atoms with van der Waals surface area (Å²) in [5, 5.41) is 0. The molecule has 0 heterocycles. The quantitative estimate of drug-likeness (QED) is 0.108. The van der Waals surface area contributed by atoms with Crippen LogP contribution < -0.4 is 0 Å². The van der Waals surface area contributed by atoms with Gasteiger partial charge in [0.05, 0.1) is 0 Å². The second-order valence-electron chi connectivity index (χ2n) is 46.7. The van der Waals surface area contributed by atoms with Crippen molar-refractivity contribution in [1.82, 2.24) is 0 Å². The molecule has 10 aromatic carbocycles. The third-order valence-corrected chi connectivity index (χ3v) is 21.8. The molecule has 123 heavy (non-hydrogen) atoms. The molecule has 0 aromatic heterocycles. The number of rotatable bonds is 13. The van der Waals surface area contributed by atoms with Crippen molar-refractivity contribution >= 4 is 0 Å². The van der Waals surface area contributed by atoms with Gasteiger partial charge in [-0.15, -0.1) is 0 Å². The highest BCUT2D eigenvalue weighted by Gasteiger charge is 2.30. The van der Waals surface area contributed by atoms with Gasteiger partial charge in [-0.3, -0.25) is 0 Å². The van der Waals surface area contributed by atoms with Crippen molar-refractivity contribution in [2.24, 2.45) is 23.6 Å². The smallest absolute Gasteiger partial charge is 0.0294 e. The zero-order valence-corrected chi connectivity index (χ0v) is 87.4. The first-order chi connectivity index (χ1) is 56.7. The lowest BCUT2D eigenvalue weighted by Gasteiger charge is -2.31. The van der Waals surface area contributed by atoms with Gasteiger partial charge >= 0.3 is 0 Å². The molecule has 0 aliphatic carbocycles. The van der Waals surface area contributed by atoms with Gasteiger partial charge in [0.25, 0.3) is 0 Å². The molecule has 0 N–H and O–H groups in total. The SMILES string of the molecule is CC(C)(C)c1c(-c2ccccc2)cccc1-c1ccccc1.CC(C)(C)c1ccc(-c2cccc(-c3ccc(C(C)(C)C)cc3)c2C(C)(C)C)cc1.CC(C)(C)c1ccccc1.CC(C)C.CC(C)Cc1cccc(CC(C)C)c1C(C)(C)C.CC(C)c1cc(C(C)C)c(C(C)(C)C)c(C(C)C)c1.CC(C)c1cccc(C(C)C)c1C(C)(C)C.[2H]C(C)(C)C. The fraction of sp³-hybridized carbons (Fsp3) is 0.512. The van der Waals surface area contributed by atoms with E-state index in [1.807, 2.05) is 20.8 Å². The van der Waals surface area contributed by atoms with Gasteiger partial charge in [-0.2, -0.15) is 0 Å². The molecule has 0 bridgehead atoms. The average molecular weight is 1660 g/mol. The third kappa shape index (κ3) is 35.9. The second-order valence-corrected chi connectivity index (χ2v) is 46.7. The Balaban J connectivity index is 0.000000385. The first kappa shape index (κ1) is 108. The molecule has 10 rings (SSSR count). The van der Waals surface area contributed by atoms with E-state index in [1.54, 1.807) is 38.9 Å². The van der Waals surface area contributed by atoms with Crippen LogP contribution in [-0.4, -0.2) is 0 Å². The van der Waals surface area contributed by atoms with Crippen LogP contribution in [-0.2, 0) is 56.2 Å². The van der Waals surface area contributed by atoms with Crippen molar-refractivity contribution in [3.8, 4) is 44.5 Å². The van der Waals surface area contributed by atoms with Gasteiger partial charge in [0.2, 0.25) is 0 Å². The van der Waals surface area contributed by atoms with Crippen molar-refractivity contribution in [1.29, 1.82) is 0 Å². The highest BCUT2D eigenvalue weighted by molar-refractivity contribution is 5.82. The molecule has 0 fully saturated rings. The lowest BCUT2D eigenvalue weighted by atomic mass is 9.74. The highest BCUT2D eigenvalue weighted by atomic mass is 14.3. The van der Waals surface area contributed by atoms with E-state index < -0.39 is 0 Å². The third-order valence-electron chi connectivity index (χ3n) is 21.8. The first-order valence-electron chi connectivity index (χ1n) is 47.8. The average Bonchev–Trinajstić information content (AvgIpc) is 0.773. The Labute approximate surface area is 762 Å². The summed E-state index contributed by atoms with van der Waals surface area (Å²) in [7, 11) is 0. The van der Waals surface area contributed by atoms with Crippen molar-refractivity contribution in [3.63, 3.8) is 0 Å². The predicted octanol–water partition coefficient (Wildman–Crippen LogP) is 38.5. The van der Waals surface area contributed by atoms with Crippen molar-refractivity contribution < 1.29 is 1.37 Å². The largest absolute Gasteiger partial charge is 0.0630 e. The van der Waals surface area contributed by atoms with Gasteiger partial charge in [0.15, 0.2) is 0 Å². The van der Waals surface area contributed by atoms with E-state index in [1.165, 1.54) is 102 Å². The number of hydrogen-bond acceptors (Lipinski definition) is 0. The monoisotopic (exact) mass is 1660 g/mol. The maximum Gasteiger partial charge on any atom is 0.0294 e. The van der Waals surface area contributed by atoms with Gasteiger partial charge in [-0.25, -0.2) is 0 Å². The Morgan fingerprint density at radius 2 is 0.431 bits per heavy atom. The zero-order chi connectivity index (χ0) is 95.0. The minimum atomic E-state index is -0.250. The first-order valence-corrected chi connectivity index (χ1v) is 47.3. The fourth-order valence-electron chi connectivity index (χ4n) is 16.2. The fourth-order valence-corrected chi connectivity index (χ4v) is 16.2. The molecular formula is C123H182. The summed E-state index contributed by atoms with van der Waals surface area (Å²) < 4.78 is 6.94. The topological polar surface area (TPSA) is 0 Å². The summed E-state index contributed by atoms with van der Waals surface area (Å²) in [5.41, 5.74) is 34.3. The Morgan fingerprint density at radius 3 is 0.650 bits per heavy atom. The van der Waals surface area contributed by atoms with E-state index >= 15 is 0 Å². The van der Waals surface area contributed by atoms with Crippen molar-refractivity contribution in [2.45, 2.75) is 390 Å². The summed E-state index contributed by atoms with van der Waals surface area (Å²) in [4.78, 5) is 0. The predicted molar refractivity (Wildman–Crippen MR) is 559 cm³/mol. The van der Waals surface area contributed by atoms with E-state index in [9.17, 15) is 0 Å². The Bertz CT molecular complexity index is 4500.